The van der Waals surface area contributed by atoms with Gasteiger partial charge in [-0.3, -0.25) is 4.79 Å². The van der Waals surface area contributed by atoms with Gasteiger partial charge in [-0.15, -0.1) is 0 Å². The van der Waals surface area contributed by atoms with Crippen LogP contribution in [-0.2, 0) is 0 Å². The number of phenolic OH excluding ortho intramolecular Hbond substituents is 1. The van der Waals surface area contributed by atoms with E-state index in [9.17, 15) is 14.3 Å². The number of halogens is 1. The van der Waals surface area contributed by atoms with Gasteiger partial charge in [0.05, 0.1) is 11.2 Å². The molecule has 5 nitrogen and oxygen atoms in total. The lowest BCUT2D eigenvalue weighted by Gasteiger charge is -2.17. The van der Waals surface area contributed by atoms with Crippen LogP contribution in [0.5, 0.6) is 5.75 Å². The van der Waals surface area contributed by atoms with Crippen molar-refractivity contribution in [2.45, 2.75) is 13.8 Å². The number of pyridine rings is 1. The molecule has 1 amide bonds. The van der Waals surface area contributed by atoms with Crippen molar-refractivity contribution in [3.8, 4) is 16.9 Å². The van der Waals surface area contributed by atoms with Gasteiger partial charge in [-0.2, -0.15) is 0 Å². The number of amides is 1. The van der Waals surface area contributed by atoms with Crippen molar-refractivity contribution in [2.75, 3.05) is 5.73 Å². The molecule has 0 saturated heterocycles. The van der Waals surface area contributed by atoms with Gasteiger partial charge in [0.25, 0.3) is 5.91 Å². The van der Waals surface area contributed by atoms with Gasteiger partial charge >= 0.3 is 0 Å². The third-order valence-corrected chi connectivity index (χ3v) is 4.11. The maximum Gasteiger partial charge on any atom is 0.269 e. The summed E-state index contributed by atoms with van der Waals surface area (Å²) in [7, 11) is 0. The second-order valence-electron chi connectivity index (χ2n) is 5.68. The van der Waals surface area contributed by atoms with Gasteiger partial charge in [0.15, 0.2) is 5.69 Å². The highest BCUT2D eigenvalue weighted by Gasteiger charge is 2.21. The zero-order chi connectivity index (χ0) is 17.6. The molecule has 0 fully saturated rings. The van der Waals surface area contributed by atoms with E-state index in [4.69, 9.17) is 11.5 Å². The Morgan fingerprint density at radius 1 is 1.17 bits per heavy atom. The number of fused-ring (bicyclic) bond motifs is 1. The minimum atomic E-state index is -0.768. The van der Waals surface area contributed by atoms with Gasteiger partial charge in [-0.1, -0.05) is 6.07 Å². The number of aryl methyl sites for hydroxylation is 1. The maximum atomic E-state index is 13.8. The van der Waals surface area contributed by atoms with Crippen LogP contribution in [0.1, 0.15) is 21.6 Å². The van der Waals surface area contributed by atoms with Crippen molar-refractivity contribution in [1.29, 1.82) is 0 Å². The van der Waals surface area contributed by atoms with E-state index in [0.717, 1.165) is 5.56 Å². The molecule has 1 aromatic heterocycles. The number of hydrogen-bond acceptors (Lipinski definition) is 4. The van der Waals surface area contributed by atoms with Crippen molar-refractivity contribution in [1.82, 2.24) is 4.98 Å². The highest BCUT2D eigenvalue weighted by Crippen LogP contribution is 2.41. The van der Waals surface area contributed by atoms with E-state index in [2.05, 4.69) is 4.98 Å². The summed E-state index contributed by atoms with van der Waals surface area (Å²) in [5.41, 5.74) is 14.4. The summed E-state index contributed by atoms with van der Waals surface area (Å²) in [5, 5.41) is 10.5. The van der Waals surface area contributed by atoms with Crippen LogP contribution in [-0.4, -0.2) is 16.0 Å². The Bertz CT molecular complexity index is 999. The van der Waals surface area contributed by atoms with E-state index in [1.807, 2.05) is 6.92 Å². The number of nitrogens with zero attached hydrogens (tertiary/aromatic N) is 1. The molecule has 6 heteroatoms. The lowest BCUT2D eigenvalue weighted by atomic mass is 9.90. The Morgan fingerprint density at radius 2 is 1.88 bits per heavy atom. The number of carbonyl (C=O) groups is 1. The summed E-state index contributed by atoms with van der Waals surface area (Å²) in [4.78, 5) is 15.9. The summed E-state index contributed by atoms with van der Waals surface area (Å²) >= 11 is 0. The Morgan fingerprint density at radius 3 is 2.54 bits per heavy atom. The molecular weight excluding hydrogens is 309 g/mol. The molecule has 0 unspecified atom stereocenters. The minimum Gasteiger partial charge on any atom is -0.508 e. The molecule has 0 atom stereocenters. The molecule has 3 aromatic rings. The molecular formula is C18H16FN3O2. The average Bonchev–Trinajstić information content (AvgIpc) is 2.52. The van der Waals surface area contributed by atoms with Gasteiger partial charge in [0, 0.05) is 10.9 Å². The zero-order valence-electron chi connectivity index (χ0n) is 13.2. The number of anilines is 1. The summed E-state index contributed by atoms with van der Waals surface area (Å²) in [6, 6.07) is 7.33. The number of rotatable bonds is 2. The largest absolute Gasteiger partial charge is 0.508 e. The van der Waals surface area contributed by atoms with E-state index in [1.54, 1.807) is 19.1 Å². The molecule has 0 radical (unpaired) electrons. The summed E-state index contributed by atoms with van der Waals surface area (Å²) in [6.45, 7) is 3.57. The SMILES string of the molecule is Cc1ccc(O)c(C)c1-c1c(N)c(C(N)=O)nc2ccc(F)cc12. The van der Waals surface area contributed by atoms with Gasteiger partial charge in [0.1, 0.15) is 11.6 Å². The second kappa shape index (κ2) is 5.49. The van der Waals surface area contributed by atoms with Gasteiger partial charge in [-0.25, -0.2) is 9.37 Å². The Balaban J connectivity index is 2.56. The van der Waals surface area contributed by atoms with E-state index >= 15 is 0 Å². The van der Waals surface area contributed by atoms with E-state index in [-0.39, 0.29) is 17.1 Å². The van der Waals surface area contributed by atoms with Crippen LogP contribution in [0.4, 0.5) is 10.1 Å². The Labute approximate surface area is 137 Å². The van der Waals surface area contributed by atoms with Crippen molar-refractivity contribution >= 4 is 22.5 Å². The van der Waals surface area contributed by atoms with Crippen LogP contribution in [0.3, 0.4) is 0 Å². The van der Waals surface area contributed by atoms with Crippen molar-refractivity contribution in [3.05, 3.63) is 53.0 Å². The third kappa shape index (κ3) is 2.32. The van der Waals surface area contributed by atoms with Crippen LogP contribution in [0.2, 0.25) is 0 Å². The predicted molar refractivity (Wildman–Crippen MR) is 91.2 cm³/mol. The normalized spacial score (nSPS) is 11.0. The molecule has 0 aliphatic rings. The molecule has 1 heterocycles. The van der Waals surface area contributed by atoms with E-state index in [0.29, 0.717) is 27.6 Å². The fourth-order valence-corrected chi connectivity index (χ4v) is 2.93. The Hall–Kier alpha value is -3.15. The molecule has 0 spiro atoms. The van der Waals surface area contributed by atoms with Crippen LogP contribution in [0, 0.1) is 19.7 Å². The standard InChI is InChI=1S/C18H16FN3O2/c1-8-3-6-13(23)9(2)14(8)15-11-7-10(19)4-5-12(11)22-17(16(15)20)18(21)24/h3-7,23H,20H2,1-2H3,(H2,21,24). The number of nitrogens with two attached hydrogens (primary N) is 2. The monoisotopic (exact) mass is 325 g/mol. The van der Waals surface area contributed by atoms with Gasteiger partial charge in [0.2, 0.25) is 0 Å². The predicted octanol–water partition coefficient (Wildman–Crippen LogP) is 3.04. The number of phenols is 1. The average molecular weight is 325 g/mol. The van der Waals surface area contributed by atoms with Gasteiger partial charge in [-0.05, 0) is 54.8 Å². The lowest BCUT2D eigenvalue weighted by molar-refractivity contribution is 0.0997. The first kappa shape index (κ1) is 15.7. The molecule has 0 aliphatic heterocycles. The van der Waals surface area contributed by atoms with Crippen LogP contribution >= 0.6 is 0 Å². The number of carbonyl (C=O) groups excluding carboxylic acids is 1. The first-order valence-electron chi connectivity index (χ1n) is 7.29. The highest BCUT2D eigenvalue weighted by molar-refractivity contribution is 6.09. The molecule has 24 heavy (non-hydrogen) atoms. The number of benzene rings is 2. The zero-order valence-corrected chi connectivity index (χ0v) is 13.2. The first-order valence-corrected chi connectivity index (χ1v) is 7.29. The first-order chi connectivity index (χ1) is 11.3. The smallest absolute Gasteiger partial charge is 0.269 e. The number of aromatic nitrogens is 1. The molecule has 0 bridgehead atoms. The van der Waals surface area contributed by atoms with Crippen molar-refractivity contribution < 1.29 is 14.3 Å². The lowest BCUT2D eigenvalue weighted by Crippen LogP contribution is -2.17. The van der Waals surface area contributed by atoms with Crippen molar-refractivity contribution in [3.63, 3.8) is 0 Å². The fourth-order valence-electron chi connectivity index (χ4n) is 2.93. The van der Waals surface area contributed by atoms with Crippen LogP contribution in [0.25, 0.3) is 22.0 Å². The molecule has 0 saturated carbocycles. The number of aromatic hydroxyl groups is 1. The number of hydrogen-bond donors (Lipinski definition) is 3. The molecule has 2 aromatic carbocycles. The summed E-state index contributed by atoms with van der Waals surface area (Å²) < 4.78 is 13.8. The number of primary amides is 1. The second-order valence-corrected chi connectivity index (χ2v) is 5.68. The fraction of sp³-hybridized carbons (Fsp3) is 0.111. The topological polar surface area (TPSA) is 102 Å². The quantitative estimate of drug-likeness (QED) is 0.674. The van der Waals surface area contributed by atoms with E-state index < -0.39 is 11.7 Å². The molecule has 122 valence electrons. The summed E-state index contributed by atoms with van der Waals surface area (Å²) in [6.07, 6.45) is 0. The highest BCUT2D eigenvalue weighted by atomic mass is 19.1. The van der Waals surface area contributed by atoms with Gasteiger partial charge < -0.3 is 16.6 Å². The Kier molecular flexibility index (Phi) is 3.60. The van der Waals surface area contributed by atoms with Crippen LogP contribution in [0.15, 0.2) is 30.3 Å². The van der Waals surface area contributed by atoms with Crippen LogP contribution < -0.4 is 11.5 Å². The van der Waals surface area contributed by atoms with E-state index in [1.165, 1.54) is 18.2 Å². The molecule has 0 aliphatic carbocycles. The molecule has 5 N–H and O–H groups in total. The maximum absolute atomic E-state index is 13.8. The number of nitrogen functional groups attached to an aromatic ring is 1. The molecule has 3 rings (SSSR count). The third-order valence-electron chi connectivity index (χ3n) is 4.11. The summed E-state index contributed by atoms with van der Waals surface area (Å²) in [5.74, 6) is -1.14. The minimum absolute atomic E-state index is 0.0670. The van der Waals surface area contributed by atoms with Crippen molar-refractivity contribution in [2.24, 2.45) is 5.73 Å².